The standard InChI is InChI=1S/C15H23F2N3/c1-2-11-3-4-13(19-10-11)9-14(20-18)12-5-7-15(16,17)8-6-12/h3-4,10,12,14,20H,2,5-9,18H2,1H3. The van der Waals surface area contributed by atoms with Gasteiger partial charge in [-0.15, -0.1) is 0 Å². The first-order chi connectivity index (χ1) is 9.54. The Balaban J connectivity index is 1.94. The number of halogens is 2. The zero-order chi connectivity index (χ0) is 14.6. The van der Waals surface area contributed by atoms with E-state index in [4.69, 9.17) is 5.84 Å². The summed E-state index contributed by atoms with van der Waals surface area (Å²) in [5.41, 5.74) is 4.95. The Morgan fingerprint density at radius 2 is 2.10 bits per heavy atom. The predicted molar refractivity (Wildman–Crippen MR) is 75.3 cm³/mol. The number of nitrogens with zero attached hydrogens (tertiary/aromatic N) is 1. The number of alkyl halides is 2. The molecule has 3 nitrogen and oxygen atoms in total. The fourth-order valence-corrected chi connectivity index (χ4v) is 2.84. The molecule has 0 bridgehead atoms. The summed E-state index contributed by atoms with van der Waals surface area (Å²) < 4.78 is 26.4. The van der Waals surface area contributed by atoms with Crippen LogP contribution in [0.3, 0.4) is 0 Å². The molecule has 0 saturated heterocycles. The molecule has 0 radical (unpaired) electrons. The highest BCUT2D eigenvalue weighted by molar-refractivity contribution is 5.14. The second-order valence-corrected chi connectivity index (χ2v) is 5.68. The van der Waals surface area contributed by atoms with Crippen molar-refractivity contribution in [2.75, 3.05) is 0 Å². The molecule has 0 amide bonds. The Bertz CT molecular complexity index is 410. The molecule has 20 heavy (non-hydrogen) atoms. The third-order valence-corrected chi connectivity index (χ3v) is 4.27. The van der Waals surface area contributed by atoms with Crippen molar-refractivity contribution in [2.45, 2.75) is 57.4 Å². The third-order valence-electron chi connectivity index (χ3n) is 4.27. The topological polar surface area (TPSA) is 50.9 Å². The predicted octanol–water partition coefficient (Wildman–Crippen LogP) is 2.84. The molecule has 0 aliphatic heterocycles. The van der Waals surface area contributed by atoms with Crippen LogP contribution in [0.1, 0.15) is 43.9 Å². The van der Waals surface area contributed by atoms with Gasteiger partial charge in [0, 0.05) is 37.2 Å². The Morgan fingerprint density at radius 3 is 2.60 bits per heavy atom. The first-order valence-corrected chi connectivity index (χ1v) is 7.32. The van der Waals surface area contributed by atoms with Gasteiger partial charge in [0.15, 0.2) is 0 Å². The maximum Gasteiger partial charge on any atom is 0.248 e. The maximum absolute atomic E-state index is 13.2. The van der Waals surface area contributed by atoms with Crippen molar-refractivity contribution in [3.63, 3.8) is 0 Å². The van der Waals surface area contributed by atoms with Gasteiger partial charge in [-0.2, -0.15) is 0 Å². The summed E-state index contributed by atoms with van der Waals surface area (Å²) >= 11 is 0. The maximum atomic E-state index is 13.2. The lowest BCUT2D eigenvalue weighted by Crippen LogP contribution is -2.45. The van der Waals surface area contributed by atoms with Gasteiger partial charge in [0.2, 0.25) is 5.92 Å². The summed E-state index contributed by atoms with van der Waals surface area (Å²) in [6, 6.07) is 4.08. The molecule has 1 aliphatic rings. The Kier molecular flexibility index (Phi) is 5.05. The lowest BCUT2D eigenvalue weighted by Gasteiger charge is -2.33. The molecule has 1 fully saturated rings. The first-order valence-electron chi connectivity index (χ1n) is 7.32. The lowest BCUT2D eigenvalue weighted by atomic mass is 9.81. The minimum Gasteiger partial charge on any atom is -0.271 e. The number of rotatable bonds is 5. The highest BCUT2D eigenvalue weighted by Crippen LogP contribution is 2.37. The molecular weight excluding hydrogens is 260 g/mol. The fraction of sp³-hybridized carbons (Fsp3) is 0.667. The average Bonchev–Trinajstić information content (AvgIpc) is 2.46. The van der Waals surface area contributed by atoms with E-state index in [1.165, 1.54) is 5.56 Å². The van der Waals surface area contributed by atoms with Crippen LogP contribution in [0.15, 0.2) is 18.3 Å². The highest BCUT2D eigenvalue weighted by atomic mass is 19.3. The largest absolute Gasteiger partial charge is 0.271 e. The normalized spacial score (nSPS) is 20.8. The lowest BCUT2D eigenvalue weighted by molar-refractivity contribution is -0.0495. The van der Waals surface area contributed by atoms with Crippen LogP contribution in [-0.2, 0) is 12.8 Å². The van der Waals surface area contributed by atoms with Gasteiger partial charge in [-0.05, 0) is 36.8 Å². The summed E-state index contributed by atoms with van der Waals surface area (Å²) in [5, 5.41) is 0. The Morgan fingerprint density at radius 1 is 1.40 bits per heavy atom. The van der Waals surface area contributed by atoms with Gasteiger partial charge >= 0.3 is 0 Å². The first kappa shape index (κ1) is 15.3. The summed E-state index contributed by atoms with van der Waals surface area (Å²) in [6.45, 7) is 2.09. The molecule has 0 aromatic carbocycles. The number of pyridine rings is 1. The fourth-order valence-electron chi connectivity index (χ4n) is 2.84. The molecule has 1 saturated carbocycles. The molecule has 1 heterocycles. The van der Waals surface area contributed by atoms with E-state index in [-0.39, 0.29) is 24.8 Å². The van der Waals surface area contributed by atoms with Crippen molar-refractivity contribution in [1.29, 1.82) is 0 Å². The molecule has 1 atom stereocenters. The molecule has 1 aliphatic carbocycles. The number of hydrazine groups is 1. The van der Waals surface area contributed by atoms with E-state index in [0.29, 0.717) is 19.3 Å². The highest BCUT2D eigenvalue weighted by Gasteiger charge is 2.37. The molecule has 1 aromatic heterocycles. The Labute approximate surface area is 118 Å². The molecule has 112 valence electrons. The average molecular weight is 283 g/mol. The molecule has 1 aromatic rings. The number of nitrogens with two attached hydrogens (primary N) is 1. The van der Waals surface area contributed by atoms with Gasteiger partial charge in [0.05, 0.1) is 0 Å². The van der Waals surface area contributed by atoms with Crippen molar-refractivity contribution >= 4 is 0 Å². The van der Waals surface area contributed by atoms with Gasteiger partial charge in [-0.3, -0.25) is 16.3 Å². The van der Waals surface area contributed by atoms with Crippen LogP contribution in [0.5, 0.6) is 0 Å². The third kappa shape index (κ3) is 3.96. The molecule has 3 N–H and O–H groups in total. The quantitative estimate of drug-likeness (QED) is 0.645. The van der Waals surface area contributed by atoms with E-state index in [1.54, 1.807) is 0 Å². The molecule has 2 rings (SSSR count). The van der Waals surface area contributed by atoms with Crippen molar-refractivity contribution in [1.82, 2.24) is 10.4 Å². The van der Waals surface area contributed by atoms with Crippen molar-refractivity contribution < 1.29 is 8.78 Å². The zero-order valence-corrected chi connectivity index (χ0v) is 11.9. The van der Waals surface area contributed by atoms with Gasteiger partial charge < -0.3 is 0 Å². The summed E-state index contributed by atoms with van der Waals surface area (Å²) in [7, 11) is 0. The Hall–Kier alpha value is -1.07. The van der Waals surface area contributed by atoms with Crippen LogP contribution >= 0.6 is 0 Å². The number of aromatic nitrogens is 1. The van der Waals surface area contributed by atoms with Crippen molar-refractivity contribution in [2.24, 2.45) is 11.8 Å². The number of aryl methyl sites for hydroxylation is 1. The summed E-state index contributed by atoms with van der Waals surface area (Å²) in [6.07, 6.45) is 4.51. The van der Waals surface area contributed by atoms with E-state index in [9.17, 15) is 8.78 Å². The number of hydrogen-bond acceptors (Lipinski definition) is 3. The molecule has 0 spiro atoms. The smallest absolute Gasteiger partial charge is 0.248 e. The summed E-state index contributed by atoms with van der Waals surface area (Å²) in [5.74, 6) is 3.32. The van der Waals surface area contributed by atoms with E-state index in [1.807, 2.05) is 12.3 Å². The van der Waals surface area contributed by atoms with Gasteiger partial charge in [-0.25, -0.2) is 8.78 Å². The van der Waals surface area contributed by atoms with Gasteiger partial charge in [-0.1, -0.05) is 13.0 Å². The molecule has 5 heteroatoms. The van der Waals surface area contributed by atoms with Crippen LogP contribution in [-0.4, -0.2) is 16.9 Å². The monoisotopic (exact) mass is 283 g/mol. The van der Waals surface area contributed by atoms with E-state index in [2.05, 4.69) is 23.4 Å². The van der Waals surface area contributed by atoms with E-state index >= 15 is 0 Å². The van der Waals surface area contributed by atoms with Crippen LogP contribution in [0, 0.1) is 5.92 Å². The van der Waals surface area contributed by atoms with Crippen molar-refractivity contribution in [3.8, 4) is 0 Å². The second-order valence-electron chi connectivity index (χ2n) is 5.68. The summed E-state index contributed by atoms with van der Waals surface area (Å²) in [4.78, 5) is 4.42. The van der Waals surface area contributed by atoms with Crippen LogP contribution in [0.2, 0.25) is 0 Å². The van der Waals surface area contributed by atoms with Gasteiger partial charge in [0.25, 0.3) is 0 Å². The van der Waals surface area contributed by atoms with Crippen LogP contribution in [0.4, 0.5) is 8.78 Å². The van der Waals surface area contributed by atoms with Crippen LogP contribution in [0.25, 0.3) is 0 Å². The second kappa shape index (κ2) is 6.59. The number of hydrogen-bond donors (Lipinski definition) is 2. The number of nitrogens with one attached hydrogen (secondary N) is 1. The minimum absolute atomic E-state index is 0.0195. The zero-order valence-electron chi connectivity index (χ0n) is 11.9. The van der Waals surface area contributed by atoms with Gasteiger partial charge in [0.1, 0.15) is 0 Å². The van der Waals surface area contributed by atoms with E-state index < -0.39 is 5.92 Å². The van der Waals surface area contributed by atoms with E-state index in [0.717, 1.165) is 12.1 Å². The van der Waals surface area contributed by atoms with Crippen molar-refractivity contribution in [3.05, 3.63) is 29.6 Å². The molecular formula is C15H23F2N3. The SMILES string of the molecule is CCc1ccc(CC(NN)C2CCC(F)(F)CC2)nc1. The molecule has 1 unspecified atom stereocenters. The van der Waals surface area contributed by atoms with Crippen LogP contribution < -0.4 is 11.3 Å². The minimum atomic E-state index is -2.49.